The summed E-state index contributed by atoms with van der Waals surface area (Å²) in [6.45, 7) is 0. The van der Waals surface area contributed by atoms with Crippen molar-refractivity contribution in [1.29, 1.82) is 0 Å². The molecule has 62 valence electrons. The lowest BCUT2D eigenvalue weighted by Gasteiger charge is -1.98. The fourth-order valence-electron chi connectivity index (χ4n) is 0.754. The molecule has 0 saturated heterocycles. The van der Waals surface area contributed by atoms with Crippen LogP contribution in [0.3, 0.4) is 0 Å². The van der Waals surface area contributed by atoms with Gasteiger partial charge in [0.25, 0.3) is 0 Å². The number of aliphatic imine (C=N–C) groups is 1. The van der Waals surface area contributed by atoms with Gasteiger partial charge in [-0.1, -0.05) is 0 Å². The molecule has 0 aliphatic heterocycles. The van der Waals surface area contributed by atoms with Crippen molar-refractivity contribution in [2.75, 3.05) is 6.26 Å². The van der Waals surface area contributed by atoms with Crippen molar-refractivity contribution in [3.8, 4) is 0 Å². The van der Waals surface area contributed by atoms with Crippen LogP contribution < -0.4 is 0 Å². The van der Waals surface area contributed by atoms with Gasteiger partial charge in [-0.2, -0.15) is 4.99 Å². The number of benzene rings is 1. The molecule has 0 saturated carbocycles. The second-order valence-corrected chi connectivity index (χ2v) is 3.75. The molecule has 0 aliphatic rings. The van der Waals surface area contributed by atoms with Crippen molar-refractivity contribution in [3.05, 3.63) is 22.7 Å². The standard InChI is InChI=1S/C8H6BrNOS/c1-12-6-2-3-7(9)8(4-6)10-5-11/h2-4H,1H3. The maximum absolute atomic E-state index is 10.0. The molecule has 0 atom stereocenters. The van der Waals surface area contributed by atoms with E-state index >= 15 is 0 Å². The zero-order chi connectivity index (χ0) is 8.97. The van der Waals surface area contributed by atoms with Crippen LogP contribution in [-0.4, -0.2) is 12.3 Å². The number of isocyanates is 1. The Balaban J connectivity index is 3.16. The van der Waals surface area contributed by atoms with Crippen LogP contribution >= 0.6 is 27.7 Å². The quantitative estimate of drug-likeness (QED) is 0.454. The van der Waals surface area contributed by atoms with Gasteiger partial charge in [0.05, 0.1) is 5.69 Å². The minimum Gasteiger partial charge on any atom is -0.211 e. The molecule has 0 aromatic heterocycles. The molecule has 0 amide bonds. The molecule has 0 aliphatic carbocycles. The molecule has 0 spiro atoms. The highest BCUT2D eigenvalue weighted by atomic mass is 79.9. The Morgan fingerprint density at radius 1 is 1.58 bits per heavy atom. The van der Waals surface area contributed by atoms with Crippen molar-refractivity contribution < 1.29 is 4.79 Å². The lowest BCUT2D eigenvalue weighted by Crippen LogP contribution is -1.71. The molecule has 1 rings (SSSR count). The maximum Gasteiger partial charge on any atom is 0.240 e. The first-order valence-electron chi connectivity index (χ1n) is 3.19. The number of carbonyl (C=O) groups excluding carboxylic acids is 1. The van der Waals surface area contributed by atoms with Crippen LogP contribution in [0.15, 0.2) is 32.6 Å². The molecule has 0 N–H and O–H groups in total. The molecule has 0 fully saturated rings. The number of halogens is 1. The van der Waals surface area contributed by atoms with E-state index in [0.717, 1.165) is 9.37 Å². The molecule has 0 bridgehead atoms. The van der Waals surface area contributed by atoms with Crippen molar-refractivity contribution in [1.82, 2.24) is 0 Å². The first-order valence-corrected chi connectivity index (χ1v) is 5.21. The maximum atomic E-state index is 10.0. The van der Waals surface area contributed by atoms with E-state index in [1.165, 1.54) is 6.08 Å². The Kier molecular flexibility index (Phi) is 3.53. The summed E-state index contributed by atoms with van der Waals surface area (Å²) >= 11 is 4.89. The molecule has 1 aromatic carbocycles. The first kappa shape index (κ1) is 9.52. The van der Waals surface area contributed by atoms with Gasteiger partial charge in [0.2, 0.25) is 6.08 Å². The molecule has 0 heterocycles. The van der Waals surface area contributed by atoms with Gasteiger partial charge in [-0.15, -0.1) is 11.8 Å². The van der Waals surface area contributed by atoms with E-state index in [0.29, 0.717) is 5.69 Å². The van der Waals surface area contributed by atoms with Gasteiger partial charge in [0.1, 0.15) is 0 Å². The van der Waals surface area contributed by atoms with E-state index in [1.54, 1.807) is 11.8 Å². The van der Waals surface area contributed by atoms with Crippen LogP contribution in [0.2, 0.25) is 0 Å². The average molecular weight is 244 g/mol. The summed E-state index contributed by atoms with van der Waals surface area (Å²) in [7, 11) is 0. The summed E-state index contributed by atoms with van der Waals surface area (Å²) in [6, 6.07) is 5.65. The second-order valence-electron chi connectivity index (χ2n) is 2.02. The Labute approximate surface area is 83.2 Å². The number of thioether (sulfide) groups is 1. The molecule has 0 radical (unpaired) electrons. The van der Waals surface area contributed by atoms with Crippen LogP contribution in [0.25, 0.3) is 0 Å². The van der Waals surface area contributed by atoms with Gasteiger partial charge in [0, 0.05) is 9.37 Å². The summed E-state index contributed by atoms with van der Waals surface area (Å²) < 4.78 is 0.809. The van der Waals surface area contributed by atoms with Crippen LogP contribution in [0.5, 0.6) is 0 Å². The van der Waals surface area contributed by atoms with E-state index < -0.39 is 0 Å². The molecule has 1 aromatic rings. The fourth-order valence-corrected chi connectivity index (χ4v) is 1.52. The van der Waals surface area contributed by atoms with Crippen LogP contribution in [-0.2, 0) is 4.79 Å². The number of rotatable bonds is 2. The SMILES string of the molecule is CSc1ccc(Br)c(N=C=O)c1. The Bertz CT molecular complexity index is 334. The Hall–Kier alpha value is -0.570. The van der Waals surface area contributed by atoms with Crippen LogP contribution in [0.1, 0.15) is 0 Å². The van der Waals surface area contributed by atoms with Gasteiger partial charge >= 0.3 is 0 Å². The number of hydrogen-bond acceptors (Lipinski definition) is 3. The van der Waals surface area contributed by atoms with Crippen LogP contribution in [0.4, 0.5) is 5.69 Å². The molecule has 12 heavy (non-hydrogen) atoms. The third-order valence-corrected chi connectivity index (χ3v) is 2.72. The van der Waals surface area contributed by atoms with Gasteiger partial charge in [0.15, 0.2) is 0 Å². The third-order valence-electron chi connectivity index (χ3n) is 1.32. The van der Waals surface area contributed by atoms with Crippen molar-refractivity contribution in [3.63, 3.8) is 0 Å². The number of nitrogens with zero attached hydrogens (tertiary/aromatic N) is 1. The fraction of sp³-hybridized carbons (Fsp3) is 0.125. The third kappa shape index (κ3) is 2.21. The first-order chi connectivity index (χ1) is 5.77. The molecular formula is C8H6BrNOS. The van der Waals surface area contributed by atoms with E-state index in [2.05, 4.69) is 20.9 Å². The van der Waals surface area contributed by atoms with E-state index in [1.807, 2.05) is 24.5 Å². The molecular weight excluding hydrogens is 238 g/mol. The zero-order valence-electron chi connectivity index (χ0n) is 6.37. The lowest BCUT2D eigenvalue weighted by atomic mass is 10.3. The molecule has 4 heteroatoms. The highest BCUT2D eigenvalue weighted by molar-refractivity contribution is 9.10. The van der Waals surface area contributed by atoms with Crippen molar-refractivity contribution in [2.24, 2.45) is 4.99 Å². The summed E-state index contributed by atoms with van der Waals surface area (Å²) in [4.78, 5) is 14.6. The summed E-state index contributed by atoms with van der Waals surface area (Å²) in [5.74, 6) is 0. The Morgan fingerprint density at radius 2 is 2.33 bits per heavy atom. The monoisotopic (exact) mass is 243 g/mol. The smallest absolute Gasteiger partial charge is 0.211 e. The van der Waals surface area contributed by atoms with E-state index in [-0.39, 0.29) is 0 Å². The number of hydrogen-bond donors (Lipinski definition) is 0. The lowest BCUT2D eigenvalue weighted by molar-refractivity contribution is 0.565. The highest BCUT2D eigenvalue weighted by Crippen LogP contribution is 2.29. The minimum atomic E-state index is 0.622. The van der Waals surface area contributed by atoms with Crippen molar-refractivity contribution >= 4 is 39.5 Å². The minimum absolute atomic E-state index is 0.622. The van der Waals surface area contributed by atoms with Crippen LogP contribution in [0, 0.1) is 0 Å². The molecule has 2 nitrogen and oxygen atoms in total. The molecule has 0 unspecified atom stereocenters. The highest BCUT2D eigenvalue weighted by Gasteiger charge is 1.98. The average Bonchev–Trinajstić information content (AvgIpc) is 2.09. The van der Waals surface area contributed by atoms with Gasteiger partial charge < -0.3 is 0 Å². The predicted octanol–water partition coefficient (Wildman–Crippen LogP) is 3.14. The second kappa shape index (κ2) is 4.45. The van der Waals surface area contributed by atoms with E-state index in [9.17, 15) is 4.79 Å². The Morgan fingerprint density at radius 3 is 2.92 bits per heavy atom. The van der Waals surface area contributed by atoms with Gasteiger partial charge in [-0.3, -0.25) is 0 Å². The van der Waals surface area contributed by atoms with E-state index in [4.69, 9.17) is 0 Å². The summed E-state index contributed by atoms with van der Waals surface area (Å²) in [5.41, 5.74) is 0.622. The largest absolute Gasteiger partial charge is 0.240 e. The predicted molar refractivity (Wildman–Crippen MR) is 53.7 cm³/mol. The topological polar surface area (TPSA) is 29.4 Å². The van der Waals surface area contributed by atoms with Crippen molar-refractivity contribution in [2.45, 2.75) is 4.90 Å². The van der Waals surface area contributed by atoms with Gasteiger partial charge in [-0.05, 0) is 40.4 Å². The normalized spacial score (nSPS) is 9.17. The summed E-state index contributed by atoms with van der Waals surface area (Å²) in [6.07, 6.45) is 3.48. The zero-order valence-corrected chi connectivity index (χ0v) is 8.78. The summed E-state index contributed by atoms with van der Waals surface area (Å²) in [5, 5.41) is 0. The van der Waals surface area contributed by atoms with Gasteiger partial charge in [-0.25, -0.2) is 4.79 Å².